The summed E-state index contributed by atoms with van der Waals surface area (Å²) in [7, 11) is 0. The standard InChI is InChI=1S/C18H18N4O/c1-12-8-13(2)10-15(9-12)23-18-16(19)17(20-11-21-18)22-14-6-4-3-5-7-14/h3-11H,19H2,1-2H3,(H,20,21,22). The minimum atomic E-state index is 0.337. The monoisotopic (exact) mass is 306 g/mol. The van der Waals surface area contributed by atoms with Gasteiger partial charge in [0, 0.05) is 5.69 Å². The van der Waals surface area contributed by atoms with Crippen LogP contribution in [0.25, 0.3) is 0 Å². The average molecular weight is 306 g/mol. The summed E-state index contributed by atoms with van der Waals surface area (Å²) in [5, 5.41) is 3.17. The molecule has 0 unspecified atom stereocenters. The molecule has 0 radical (unpaired) electrons. The quantitative estimate of drug-likeness (QED) is 0.755. The molecule has 23 heavy (non-hydrogen) atoms. The zero-order chi connectivity index (χ0) is 16.2. The lowest BCUT2D eigenvalue weighted by atomic mass is 10.1. The molecule has 1 heterocycles. The smallest absolute Gasteiger partial charge is 0.248 e. The van der Waals surface area contributed by atoms with E-state index in [0.717, 1.165) is 16.8 Å². The van der Waals surface area contributed by atoms with Gasteiger partial charge in [0.1, 0.15) is 17.8 Å². The van der Waals surface area contributed by atoms with Crippen molar-refractivity contribution < 1.29 is 4.74 Å². The molecule has 0 saturated heterocycles. The van der Waals surface area contributed by atoms with Crippen LogP contribution >= 0.6 is 0 Å². The second-order valence-electron chi connectivity index (χ2n) is 5.36. The lowest BCUT2D eigenvalue weighted by Crippen LogP contribution is -2.03. The molecular weight excluding hydrogens is 288 g/mol. The van der Waals surface area contributed by atoms with Crippen LogP contribution in [0.2, 0.25) is 0 Å². The van der Waals surface area contributed by atoms with Gasteiger partial charge in [-0.3, -0.25) is 0 Å². The van der Waals surface area contributed by atoms with E-state index in [1.54, 1.807) is 0 Å². The van der Waals surface area contributed by atoms with Gasteiger partial charge in [-0.25, -0.2) is 4.98 Å². The Balaban J connectivity index is 1.87. The molecule has 0 amide bonds. The largest absolute Gasteiger partial charge is 0.437 e. The minimum absolute atomic E-state index is 0.337. The molecule has 5 nitrogen and oxygen atoms in total. The fourth-order valence-electron chi connectivity index (χ4n) is 2.32. The van der Waals surface area contributed by atoms with Gasteiger partial charge >= 0.3 is 0 Å². The number of ether oxygens (including phenoxy) is 1. The summed E-state index contributed by atoms with van der Waals surface area (Å²) in [6, 6.07) is 15.7. The van der Waals surface area contributed by atoms with Crippen LogP contribution in [0.15, 0.2) is 54.9 Å². The second kappa shape index (κ2) is 6.36. The Labute approximate surface area is 135 Å². The van der Waals surface area contributed by atoms with Gasteiger partial charge in [-0.05, 0) is 49.2 Å². The Morgan fingerprint density at radius 1 is 0.957 bits per heavy atom. The molecule has 3 rings (SSSR count). The zero-order valence-corrected chi connectivity index (χ0v) is 13.1. The first-order chi connectivity index (χ1) is 11.1. The van der Waals surface area contributed by atoms with Crippen LogP contribution in [0.1, 0.15) is 11.1 Å². The first-order valence-corrected chi connectivity index (χ1v) is 7.30. The fourth-order valence-corrected chi connectivity index (χ4v) is 2.32. The number of hydrogen-bond donors (Lipinski definition) is 2. The van der Waals surface area contributed by atoms with Crippen molar-refractivity contribution >= 4 is 17.2 Å². The van der Waals surface area contributed by atoms with Gasteiger partial charge in [-0.2, -0.15) is 4.98 Å². The van der Waals surface area contributed by atoms with Crippen LogP contribution in [0.3, 0.4) is 0 Å². The average Bonchev–Trinajstić information content (AvgIpc) is 2.51. The van der Waals surface area contributed by atoms with Gasteiger partial charge in [-0.15, -0.1) is 0 Å². The molecule has 0 aliphatic carbocycles. The van der Waals surface area contributed by atoms with E-state index in [9.17, 15) is 0 Å². The third kappa shape index (κ3) is 3.58. The lowest BCUT2D eigenvalue weighted by molar-refractivity contribution is 0.464. The van der Waals surface area contributed by atoms with Crippen molar-refractivity contribution in [2.24, 2.45) is 0 Å². The number of nitrogens with zero attached hydrogens (tertiary/aromatic N) is 2. The molecule has 0 atom stereocenters. The first-order valence-electron chi connectivity index (χ1n) is 7.30. The molecule has 0 bridgehead atoms. The highest BCUT2D eigenvalue weighted by atomic mass is 16.5. The van der Waals surface area contributed by atoms with Gasteiger partial charge in [0.15, 0.2) is 5.82 Å². The SMILES string of the molecule is Cc1cc(C)cc(Oc2ncnc(Nc3ccccc3)c2N)c1. The van der Waals surface area contributed by atoms with Crippen molar-refractivity contribution in [2.45, 2.75) is 13.8 Å². The maximum Gasteiger partial charge on any atom is 0.248 e. The Hall–Kier alpha value is -3.08. The molecule has 0 spiro atoms. The number of nitrogens with two attached hydrogens (primary N) is 1. The van der Waals surface area contributed by atoms with E-state index < -0.39 is 0 Å². The van der Waals surface area contributed by atoms with Crippen molar-refractivity contribution in [2.75, 3.05) is 11.1 Å². The van der Waals surface area contributed by atoms with Crippen molar-refractivity contribution in [1.29, 1.82) is 0 Å². The summed E-state index contributed by atoms with van der Waals surface area (Å²) >= 11 is 0. The summed E-state index contributed by atoms with van der Waals surface area (Å²) in [5.74, 6) is 1.56. The summed E-state index contributed by atoms with van der Waals surface area (Å²) in [4.78, 5) is 8.32. The summed E-state index contributed by atoms with van der Waals surface area (Å²) in [6.07, 6.45) is 1.43. The van der Waals surface area contributed by atoms with E-state index >= 15 is 0 Å². The minimum Gasteiger partial charge on any atom is -0.437 e. The predicted octanol–water partition coefficient (Wildman–Crippen LogP) is 4.21. The van der Waals surface area contributed by atoms with E-state index in [1.165, 1.54) is 6.33 Å². The van der Waals surface area contributed by atoms with E-state index in [2.05, 4.69) is 21.4 Å². The molecule has 116 valence electrons. The molecule has 1 aromatic heterocycles. The summed E-state index contributed by atoms with van der Waals surface area (Å²) in [6.45, 7) is 4.04. The summed E-state index contributed by atoms with van der Waals surface area (Å²) in [5.41, 5.74) is 9.65. The normalized spacial score (nSPS) is 10.3. The summed E-state index contributed by atoms with van der Waals surface area (Å²) < 4.78 is 5.83. The molecule has 0 saturated carbocycles. The van der Waals surface area contributed by atoms with Crippen LogP contribution in [-0.4, -0.2) is 9.97 Å². The molecule has 2 aromatic carbocycles. The molecule has 0 aliphatic heterocycles. The van der Waals surface area contributed by atoms with Gasteiger partial charge in [-0.1, -0.05) is 24.3 Å². The molecule has 3 aromatic rings. The molecule has 0 fully saturated rings. The number of nitrogens with one attached hydrogen (secondary N) is 1. The van der Waals surface area contributed by atoms with E-state index in [1.807, 2.05) is 56.3 Å². The van der Waals surface area contributed by atoms with Gasteiger partial charge in [0.05, 0.1) is 0 Å². The van der Waals surface area contributed by atoms with Crippen LogP contribution in [0, 0.1) is 13.8 Å². The fraction of sp³-hybridized carbons (Fsp3) is 0.111. The van der Waals surface area contributed by atoms with Crippen LogP contribution < -0.4 is 15.8 Å². The van der Waals surface area contributed by atoms with E-state index in [4.69, 9.17) is 10.5 Å². The van der Waals surface area contributed by atoms with Gasteiger partial charge in [0.2, 0.25) is 5.88 Å². The number of aromatic nitrogens is 2. The zero-order valence-electron chi connectivity index (χ0n) is 13.1. The molecule has 0 aliphatic rings. The number of hydrogen-bond acceptors (Lipinski definition) is 5. The first kappa shape index (κ1) is 14.8. The van der Waals surface area contributed by atoms with E-state index in [-0.39, 0.29) is 0 Å². The highest BCUT2D eigenvalue weighted by Crippen LogP contribution is 2.31. The Bertz CT molecular complexity index is 798. The number of nitrogen functional groups attached to an aromatic ring is 1. The topological polar surface area (TPSA) is 73.1 Å². The maximum atomic E-state index is 6.14. The number of anilines is 3. The highest BCUT2D eigenvalue weighted by molar-refractivity contribution is 5.72. The van der Waals surface area contributed by atoms with Crippen molar-refractivity contribution in [3.05, 3.63) is 66.0 Å². The highest BCUT2D eigenvalue weighted by Gasteiger charge is 2.11. The van der Waals surface area contributed by atoms with Crippen molar-refractivity contribution in [1.82, 2.24) is 9.97 Å². The van der Waals surface area contributed by atoms with Gasteiger partial charge < -0.3 is 15.8 Å². The second-order valence-corrected chi connectivity index (χ2v) is 5.36. The predicted molar refractivity (Wildman–Crippen MR) is 92.2 cm³/mol. The lowest BCUT2D eigenvalue weighted by Gasteiger charge is -2.12. The number of aryl methyl sites for hydroxylation is 2. The van der Waals surface area contributed by atoms with Crippen LogP contribution in [-0.2, 0) is 0 Å². The number of rotatable bonds is 4. The van der Waals surface area contributed by atoms with Crippen molar-refractivity contribution in [3.8, 4) is 11.6 Å². The van der Waals surface area contributed by atoms with E-state index in [0.29, 0.717) is 23.1 Å². The third-order valence-electron chi connectivity index (χ3n) is 3.29. The Morgan fingerprint density at radius 3 is 2.35 bits per heavy atom. The van der Waals surface area contributed by atoms with Crippen LogP contribution in [0.4, 0.5) is 17.2 Å². The molecule has 3 N–H and O–H groups in total. The third-order valence-corrected chi connectivity index (χ3v) is 3.29. The maximum absolute atomic E-state index is 6.14. The van der Waals surface area contributed by atoms with Gasteiger partial charge in [0.25, 0.3) is 0 Å². The Kier molecular flexibility index (Phi) is 4.10. The number of para-hydroxylation sites is 1. The number of benzene rings is 2. The Morgan fingerprint density at radius 2 is 1.65 bits per heavy atom. The van der Waals surface area contributed by atoms with Crippen LogP contribution in [0.5, 0.6) is 11.6 Å². The van der Waals surface area contributed by atoms with Crippen molar-refractivity contribution in [3.63, 3.8) is 0 Å². The molecular formula is C18H18N4O. The molecule has 5 heteroatoms.